The quantitative estimate of drug-likeness (QED) is 0.518. The van der Waals surface area contributed by atoms with Crippen LogP contribution in [0.5, 0.6) is 0 Å². The molecule has 0 saturated carbocycles. The molecule has 2 N–H and O–H groups in total. The normalized spacial score (nSPS) is 15.8. The number of nitrogens with one attached hydrogen (secondary N) is 1. The van der Waals surface area contributed by atoms with Gasteiger partial charge in [-0.15, -0.1) is 22.7 Å². The lowest BCUT2D eigenvalue weighted by Crippen LogP contribution is -2.40. The van der Waals surface area contributed by atoms with E-state index in [1.807, 2.05) is 29.2 Å². The summed E-state index contributed by atoms with van der Waals surface area (Å²) < 4.78 is 1.08. The summed E-state index contributed by atoms with van der Waals surface area (Å²) in [6.07, 6.45) is 1.09. The van der Waals surface area contributed by atoms with E-state index in [1.54, 1.807) is 11.3 Å². The molecule has 0 radical (unpaired) electrons. The van der Waals surface area contributed by atoms with Gasteiger partial charge in [-0.1, -0.05) is 25.1 Å². The van der Waals surface area contributed by atoms with E-state index in [-0.39, 0.29) is 5.76 Å². The summed E-state index contributed by atoms with van der Waals surface area (Å²) in [4.78, 5) is 10.4. The first-order valence-corrected chi connectivity index (χ1v) is 11.6. The first-order valence-electron chi connectivity index (χ1n) is 9.95. The highest BCUT2D eigenvalue weighted by Crippen LogP contribution is 2.33. The third kappa shape index (κ3) is 4.22. The number of hydrogen-bond acceptors (Lipinski definition) is 6. The zero-order valence-corrected chi connectivity index (χ0v) is 18.4. The molecule has 3 aromatic rings. The van der Waals surface area contributed by atoms with Crippen molar-refractivity contribution in [1.82, 2.24) is 14.8 Å². The maximum Gasteiger partial charge on any atom is 0.135 e. The molecule has 0 spiro atoms. The number of thiazole rings is 1. The lowest BCUT2D eigenvalue weighted by molar-refractivity contribution is 0.182. The van der Waals surface area contributed by atoms with Gasteiger partial charge in [-0.2, -0.15) is 0 Å². The second-order valence-corrected chi connectivity index (χ2v) is 9.45. The Kier molecular flexibility index (Phi) is 5.99. The van der Waals surface area contributed by atoms with E-state index in [1.165, 1.54) is 16.2 Å². The molecular formula is C22H26N4OS2. The number of fused-ring (bicyclic) bond motifs is 1. The molecule has 7 heteroatoms. The monoisotopic (exact) mass is 426 g/mol. The molecule has 1 aliphatic heterocycles. The Bertz CT molecular complexity index is 992. The number of hydrogen-bond donors (Lipinski definition) is 2. The third-order valence-electron chi connectivity index (χ3n) is 5.50. The Hall–Kier alpha value is -2.22. The first-order chi connectivity index (χ1) is 14.1. The van der Waals surface area contributed by atoms with Gasteiger partial charge >= 0.3 is 0 Å². The van der Waals surface area contributed by atoms with Crippen molar-refractivity contribution in [3.05, 3.63) is 57.4 Å². The van der Waals surface area contributed by atoms with E-state index >= 15 is 0 Å². The van der Waals surface area contributed by atoms with Crippen molar-refractivity contribution in [2.75, 3.05) is 19.6 Å². The number of aliphatic hydroxyl groups excluding tert-OH is 1. The van der Waals surface area contributed by atoms with Crippen LogP contribution in [-0.4, -0.2) is 51.4 Å². The van der Waals surface area contributed by atoms with Crippen LogP contribution in [0.1, 0.15) is 30.2 Å². The molecule has 0 saturated heterocycles. The van der Waals surface area contributed by atoms with Crippen molar-refractivity contribution in [2.24, 2.45) is 0 Å². The van der Waals surface area contributed by atoms with E-state index in [0.717, 1.165) is 34.7 Å². The predicted molar refractivity (Wildman–Crippen MR) is 123 cm³/mol. The van der Waals surface area contributed by atoms with Gasteiger partial charge in [0, 0.05) is 30.6 Å². The summed E-state index contributed by atoms with van der Waals surface area (Å²) in [6, 6.07) is 12.7. The Labute approximate surface area is 179 Å². The summed E-state index contributed by atoms with van der Waals surface area (Å²) in [7, 11) is 0. The van der Waals surface area contributed by atoms with Crippen LogP contribution in [0.3, 0.4) is 0 Å². The highest BCUT2D eigenvalue weighted by molar-refractivity contribution is 7.19. The van der Waals surface area contributed by atoms with Crippen molar-refractivity contribution in [3.8, 4) is 0 Å². The molecule has 29 heavy (non-hydrogen) atoms. The van der Waals surface area contributed by atoms with Crippen molar-refractivity contribution in [3.63, 3.8) is 0 Å². The van der Waals surface area contributed by atoms with Crippen molar-refractivity contribution in [2.45, 2.75) is 32.9 Å². The van der Waals surface area contributed by atoms with E-state index < -0.39 is 0 Å². The number of para-hydroxylation sites is 1. The number of aliphatic hydroxyl groups is 1. The summed E-state index contributed by atoms with van der Waals surface area (Å²) >= 11 is 3.32. The molecule has 5 nitrogen and oxygen atoms in total. The topological polar surface area (TPSA) is 63.5 Å². The highest BCUT2D eigenvalue weighted by atomic mass is 32.1. The highest BCUT2D eigenvalue weighted by Gasteiger charge is 2.30. The molecule has 0 amide bonds. The van der Waals surface area contributed by atoms with Crippen molar-refractivity contribution < 1.29 is 5.11 Å². The van der Waals surface area contributed by atoms with Gasteiger partial charge in [0.05, 0.1) is 22.3 Å². The van der Waals surface area contributed by atoms with Gasteiger partial charge in [-0.25, -0.2) is 4.98 Å². The molecule has 0 fully saturated rings. The molecule has 1 aliphatic rings. The maximum atomic E-state index is 10.6. The molecule has 0 bridgehead atoms. The maximum absolute atomic E-state index is 10.6. The lowest BCUT2D eigenvalue weighted by Gasteiger charge is -2.30. The fourth-order valence-electron chi connectivity index (χ4n) is 3.59. The van der Waals surface area contributed by atoms with Crippen LogP contribution in [0.4, 0.5) is 0 Å². The van der Waals surface area contributed by atoms with Crippen molar-refractivity contribution in [1.29, 1.82) is 5.41 Å². The molecule has 2 aromatic heterocycles. The van der Waals surface area contributed by atoms with Crippen LogP contribution in [0.15, 0.2) is 47.5 Å². The minimum absolute atomic E-state index is 0.252. The minimum atomic E-state index is 0.252. The molecule has 3 heterocycles. The number of thiophene rings is 1. The number of aromatic nitrogens is 1. The van der Waals surface area contributed by atoms with Crippen molar-refractivity contribution >= 4 is 44.3 Å². The van der Waals surface area contributed by atoms with E-state index in [0.29, 0.717) is 30.5 Å². The second kappa shape index (κ2) is 8.65. The molecule has 1 aromatic carbocycles. The predicted octanol–water partition coefficient (Wildman–Crippen LogP) is 5.22. The third-order valence-corrected chi connectivity index (χ3v) is 7.42. The molecule has 4 rings (SSSR count). The number of rotatable bonds is 8. The van der Waals surface area contributed by atoms with E-state index in [9.17, 15) is 5.11 Å². The average molecular weight is 427 g/mol. The number of amidine groups is 1. The van der Waals surface area contributed by atoms with Crippen LogP contribution in [0.2, 0.25) is 0 Å². The number of nitrogens with zero attached hydrogens (tertiary/aromatic N) is 3. The standard InChI is InChI=1S/C22H26N4OS2/c1-3-15(2)25(13-16-7-6-12-28-16)10-11-26-14-18(27)20(21(26)23)22-24-17-8-4-5-9-19(17)29-22/h4-9,12,15,23,27H,3,10-11,13-14H2,1-2H3/t15-/m1/s1. The first kappa shape index (κ1) is 20.1. The summed E-state index contributed by atoms with van der Waals surface area (Å²) in [5.41, 5.74) is 1.50. The van der Waals surface area contributed by atoms with Crippen LogP contribution in [-0.2, 0) is 6.54 Å². The zero-order chi connectivity index (χ0) is 20.4. The van der Waals surface area contributed by atoms with E-state index in [2.05, 4.69) is 41.2 Å². The largest absolute Gasteiger partial charge is 0.510 e. The molecule has 0 aliphatic carbocycles. The fourth-order valence-corrected chi connectivity index (χ4v) is 5.36. The minimum Gasteiger partial charge on any atom is -0.510 e. The van der Waals surface area contributed by atoms with Gasteiger partial charge in [0.15, 0.2) is 0 Å². The van der Waals surface area contributed by atoms with E-state index in [4.69, 9.17) is 5.41 Å². The molecule has 0 unspecified atom stereocenters. The Balaban J connectivity index is 1.45. The van der Waals surface area contributed by atoms with Crippen LogP contribution < -0.4 is 0 Å². The SMILES string of the molecule is CC[C@@H](C)N(CCN1CC(O)=C(c2nc3ccccc3s2)C1=N)Cc1cccs1. The van der Waals surface area contributed by atoms with Gasteiger partial charge < -0.3 is 10.0 Å². The Morgan fingerprint density at radius 1 is 1.28 bits per heavy atom. The van der Waals surface area contributed by atoms with Gasteiger partial charge in [-0.05, 0) is 36.9 Å². The summed E-state index contributed by atoms with van der Waals surface area (Å²) in [5.74, 6) is 0.629. The van der Waals surface area contributed by atoms with Crippen LogP contribution in [0.25, 0.3) is 15.8 Å². The fraction of sp³-hybridized carbons (Fsp3) is 0.364. The van der Waals surface area contributed by atoms with Gasteiger partial charge in [0.1, 0.15) is 16.6 Å². The number of benzene rings is 1. The average Bonchev–Trinajstić information content (AvgIpc) is 3.43. The Morgan fingerprint density at radius 3 is 2.83 bits per heavy atom. The van der Waals surface area contributed by atoms with Crippen LogP contribution in [0, 0.1) is 5.41 Å². The molecular weight excluding hydrogens is 400 g/mol. The lowest BCUT2D eigenvalue weighted by atomic mass is 10.2. The van der Waals surface area contributed by atoms with Crippen LogP contribution >= 0.6 is 22.7 Å². The second-order valence-electron chi connectivity index (χ2n) is 7.39. The van der Waals surface area contributed by atoms with Gasteiger partial charge in [0.2, 0.25) is 0 Å². The van der Waals surface area contributed by atoms with Gasteiger partial charge in [0.25, 0.3) is 0 Å². The van der Waals surface area contributed by atoms with Gasteiger partial charge in [-0.3, -0.25) is 10.3 Å². The zero-order valence-electron chi connectivity index (χ0n) is 16.8. The summed E-state index contributed by atoms with van der Waals surface area (Å²) in [5, 5.41) is 22.1. The molecule has 1 atom stereocenters. The molecule has 152 valence electrons. The Morgan fingerprint density at radius 2 is 2.10 bits per heavy atom. The summed E-state index contributed by atoms with van der Waals surface area (Å²) in [6.45, 7) is 7.35. The smallest absolute Gasteiger partial charge is 0.135 e.